The monoisotopic (exact) mass is 263 g/mol. The predicted octanol–water partition coefficient (Wildman–Crippen LogP) is 2.47. The number of anilines is 1. The van der Waals surface area contributed by atoms with Gasteiger partial charge in [0.2, 0.25) is 0 Å². The molecule has 0 radical (unpaired) electrons. The van der Waals surface area contributed by atoms with E-state index in [1.807, 2.05) is 13.0 Å². The van der Waals surface area contributed by atoms with Crippen molar-refractivity contribution in [3.63, 3.8) is 0 Å². The first kappa shape index (κ1) is 13.8. The van der Waals surface area contributed by atoms with E-state index in [-0.39, 0.29) is 10.6 Å². The van der Waals surface area contributed by atoms with Gasteiger partial charge in [0.25, 0.3) is 5.69 Å². The molecule has 1 aliphatic rings. The molecule has 2 N–H and O–H groups in total. The normalized spacial score (nSPS) is 16.6. The molecule has 0 unspecified atom stereocenters. The van der Waals surface area contributed by atoms with Crippen molar-refractivity contribution in [1.82, 2.24) is 0 Å². The van der Waals surface area contributed by atoms with Crippen molar-refractivity contribution in [2.24, 2.45) is 11.7 Å². The number of nitro benzene ring substituents is 1. The summed E-state index contributed by atoms with van der Waals surface area (Å²) in [5, 5.41) is 10.7. The third-order valence-corrected chi connectivity index (χ3v) is 3.92. The van der Waals surface area contributed by atoms with Crippen molar-refractivity contribution in [2.75, 3.05) is 24.5 Å². The molecule has 0 bridgehead atoms. The molecule has 1 heterocycles. The van der Waals surface area contributed by atoms with Gasteiger partial charge in [-0.05, 0) is 50.3 Å². The molecule has 0 saturated carbocycles. The van der Waals surface area contributed by atoms with Gasteiger partial charge in [-0.2, -0.15) is 0 Å². The lowest BCUT2D eigenvalue weighted by atomic mass is 9.93. The zero-order valence-corrected chi connectivity index (χ0v) is 11.3. The van der Waals surface area contributed by atoms with Gasteiger partial charge in [0.05, 0.1) is 4.92 Å². The maximum atomic E-state index is 10.7. The lowest BCUT2D eigenvalue weighted by molar-refractivity contribution is -0.384. The third kappa shape index (κ3) is 3.23. The van der Waals surface area contributed by atoms with E-state index in [9.17, 15) is 10.1 Å². The Balaban J connectivity index is 2.05. The van der Waals surface area contributed by atoms with Crippen molar-refractivity contribution < 1.29 is 4.92 Å². The van der Waals surface area contributed by atoms with Crippen LogP contribution >= 0.6 is 0 Å². The first-order chi connectivity index (χ1) is 9.11. The van der Waals surface area contributed by atoms with Crippen LogP contribution in [0.3, 0.4) is 0 Å². The minimum atomic E-state index is -0.343. The quantitative estimate of drug-likeness (QED) is 0.669. The predicted molar refractivity (Wildman–Crippen MR) is 76.4 cm³/mol. The number of aryl methyl sites for hydroxylation is 1. The summed E-state index contributed by atoms with van der Waals surface area (Å²) in [6.45, 7) is 4.74. The van der Waals surface area contributed by atoms with Crippen LogP contribution in [0.15, 0.2) is 18.2 Å². The molecule has 0 aromatic heterocycles. The minimum absolute atomic E-state index is 0.166. The van der Waals surface area contributed by atoms with Gasteiger partial charge in [0, 0.05) is 30.9 Å². The van der Waals surface area contributed by atoms with Gasteiger partial charge in [0.15, 0.2) is 0 Å². The highest BCUT2D eigenvalue weighted by Gasteiger charge is 2.20. The van der Waals surface area contributed by atoms with Gasteiger partial charge in [0.1, 0.15) is 0 Å². The van der Waals surface area contributed by atoms with Gasteiger partial charge < -0.3 is 10.6 Å². The van der Waals surface area contributed by atoms with Gasteiger partial charge in [-0.25, -0.2) is 0 Å². The Bertz CT molecular complexity index is 454. The summed E-state index contributed by atoms with van der Waals surface area (Å²) in [7, 11) is 0. The number of non-ortho nitro benzene ring substituents is 1. The van der Waals surface area contributed by atoms with E-state index in [4.69, 9.17) is 5.73 Å². The molecule has 1 saturated heterocycles. The van der Waals surface area contributed by atoms with E-state index in [1.165, 1.54) is 0 Å². The molecule has 0 spiro atoms. The molecule has 0 atom stereocenters. The average Bonchev–Trinajstić information content (AvgIpc) is 2.40. The summed E-state index contributed by atoms with van der Waals surface area (Å²) in [4.78, 5) is 12.7. The highest BCUT2D eigenvalue weighted by atomic mass is 16.6. The second-order valence-corrected chi connectivity index (χ2v) is 5.24. The van der Waals surface area contributed by atoms with Crippen LogP contribution in [0.1, 0.15) is 24.8 Å². The Labute approximate surface area is 113 Å². The Morgan fingerprint density at radius 2 is 2.11 bits per heavy atom. The van der Waals surface area contributed by atoms with Crippen molar-refractivity contribution in [3.05, 3.63) is 33.9 Å². The number of hydrogen-bond donors (Lipinski definition) is 1. The number of benzene rings is 1. The van der Waals surface area contributed by atoms with Crippen LogP contribution in [0.5, 0.6) is 0 Å². The Morgan fingerprint density at radius 1 is 1.42 bits per heavy atom. The molecular weight excluding hydrogens is 242 g/mol. The molecular formula is C14H21N3O2. The highest BCUT2D eigenvalue weighted by molar-refractivity contribution is 5.57. The standard InChI is InChI=1S/C14H21N3O2/c1-11-10-13(17(18)19)2-3-14(11)16-8-5-12(4-7-15)6-9-16/h2-3,10,12H,4-9,15H2,1H3. The summed E-state index contributed by atoms with van der Waals surface area (Å²) in [5.41, 5.74) is 7.86. The topological polar surface area (TPSA) is 72.4 Å². The summed E-state index contributed by atoms with van der Waals surface area (Å²) in [6.07, 6.45) is 3.42. The van der Waals surface area contributed by atoms with Crippen LogP contribution in [0.4, 0.5) is 11.4 Å². The van der Waals surface area contributed by atoms with Crippen molar-refractivity contribution in [3.8, 4) is 0 Å². The van der Waals surface area contributed by atoms with E-state index in [0.717, 1.165) is 56.1 Å². The Kier molecular flexibility index (Phi) is 4.37. The maximum absolute atomic E-state index is 10.7. The number of nitrogens with zero attached hydrogens (tertiary/aromatic N) is 2. The first-order valence-electron chi connectivity index (χ1n) is 6.82. The van der Waals surface area contributed by atoms with Crippen molar-refractivity contribution in [1.29, 1.82) is 0 Å². The summed E-state index contributed by atoms with van der Waals surface area (Å²) in [5.74, 6) is 0.736. The minimum Gasteiger partial charge on any atom is -0.371 e. The zero-order valence-electron chi connectivity index (χ0n) is 11.3. The van der Waals surface area contributed by atoms with Crippen LogP contribution in [0.25, 0.3) is 0 Å². The first-order valence-corrected chi connectivity index (χ1v) is 6.82. The van der Waals surface area contributed by atoms with Gasteiger partial charge in [-0.3, -0.25) is 10.1 Å². The second kappa shape index (κ2) is 6.02. The van der Waals surface area contributed by atoms with Crippen LogP contribution in [0.2, 0.25) is 0 Å². The fourth-order valence-electron chi connectivity index (χ4n) is 2.81. The van der Waals surface area contributed by atoms with E-state index >= 15 is 0 Å². The number of hydrogen-bond acceptors (Lipinski definition) is 4. The Morgan fingerprint density at radius 3 is 2.63 bits per heavy atom. The van der Waals surface area contributed by atoms with Gasteiger partial charge in [-0.1, -0.05) is 0 Å². The number of nitrogens with two attached hydrogens (primary N) is 1. The van der Waals surface area contributed by atoms with Gasteiger partial charge >= 0.3 is 0 Å². The summed E-state index contributed by atoms with van der Waals surface area (Å²) >= 11 is 0. The molecule has 19 heavy (non-hydrogen) atoms. The molecule has 1 aromatic carbocycles. The van der Waals surface area contributed by atoms with Crippen LogP contribution in [0, 0.1) is 23.0 Å². The lowest BCUT2D eigenvalue weighted by Crippen LogP contribution is -2.34. The maximum Gasteiger partial charge on any atom is 0.269 e. The highest BCUT2D eigenvalue weighted by Crippen LogP contribution is 2.29. The molecule has 2 rings (SSSR count). The third-order valence-electron chi connectivity index (χ3n) is 3.92. The number of nitro groups is 1. The zero-order chi connectivity index (χ0) is 13.8. The van der Waals surface area contributed by atoms with E-state index in [2.05, 4.69) is 4.90 Å². The second-order valence-electron chi connectivity index (χ2n) is 5.24. The molecule has 5 nitrogen and oxygen atoms in total. The van der Waals surface area contributed by atoms with E-state index in [1.54, 1.807) is 12.1 Å². The molecule has 5 heteroatoms. The number of piperidine rings is 1. The summed E-state index contributed by atoms with van der Waals surface area (Å²) < 4.78 is 0. The molecule has 1 aliphatic heterocycles. The van der Waals surface area contributed by atoms with Crippen LogP contribution in [-0.2, 0) is 0 Å². The number of rotatable bonds is 4. The molecule has 104 valence electrons. The Hall–Kier alpha value is -1.62. The summed E-state index contributed by atoms with van der Waals surface area (Å²) in [6, 6.07) is 5.12. The largest absolute Gasteiger partial charge is 0.371 e. The van der Waals surface area contributed by atoms with Crippen molar-refractivity contribution >= 4 is 11.4 Å². The van der Waals surface area contributed by atoms with Crippen molar-refractivity contribution in [2.45, 2.75) is 26.2 Å². The van der Waals surface area contributed by atoms with Crippen LogP contribution in [-0.4, -0.2) is 24.6 Å². The molecule has 1 aromatic rings. The fraction of sp³-hybridized carbons (Fsp3) is 0.571. The SMILES string of the molecule is Cc1cc([N+](=O)[O-])ccc1N1CCC(CCN)CC1. The lowest BCUT2D eigenvalue weighted by Gasteiger charge is -2.34. The van der Waals surface area contributed by atoms with Crippen LogP contribution < -0.4 is 10.6 Å². The fourth-order valence-corrected chi connectivity index (χ4v) is 2.81. The smallest absolute Gasteiger partial charge is 0.269 e. The van der Waals surface area contributed by atoms with Gasteiger partial charge in [-0.15, -0.1) is 0 Å². The molecule has 1 fully saturated rings. The average molecular weight is 263 g/mol. The molecule has 0 aliphatic carbocycles. The van der Waals surface area contributed by atoms with E-state index < -0.39 is 0 Å². The van der Waals surface area contributed by atoms with E-state index in [0.29, 0.717) is 0 Å². The molecule has 0 amide bonds.